The highest BCUT2D eigenvalue weighted by atomic mass is 16.1. The summed E-state index contributed by atoms with van der Waals surface area (Å²) in [5.41, 5.74) is 6.62. The van der Waals surface area contributed by atoms with Crippen molar-refractivity contribution in [3.63, 3.8) is 0 Å². The maximum atomic E-state index is 12.3. The molecule has 3 aromatic heterocycles. The second-order valence-corrected chi connectivity index (χ2v) is 8.30. The summed E-state index contributed by atoms with van der Waals surface area (Å²) < 4.78 is 0. The van der Waals surface area contributed by atoms with Gasteiger partial charge >= 0.3 is 0 Å². The zero-order valence-electron chi connectivity index (χ0n) is 20.1. The number of carbonyl (C=O) groups is 1. The lowest BCUT2D eigenvalue weighted by Gasteiger charge is -2.16. The number of rotatable bonds is 8. The van der Waals surface area contributed by atoms with Crippen LogP contribution in [0.5, 0.6) is 0 Å². The van der Waals surface area contributed by atoms with Crippen molar-refractivity contribution in [2.75, 3.05) is 18.9 Å². The fourth-order valence-electron chi connectivity index (χ4n) is 4.07. The van der Waals surface area contributed by atoms with Gasteiger partial charge in [-0.2, -0.15) is 0 Å². The maximum Gasteiger partial charge on any atom is 0.251 e. The molecule has 0 bridgehead atoms. The third-order valence-electron chi connectivity index (χ3n) is 6.01. The number of hydrogen-bond acceptors (Lipinski definition) is 6. The molecule has 0 radical (unpaired) electrons. The van der Waals surface area contributed by atoms with Crippen molar-refractivity contribution in [1.29, 1.82) is 0 Å². The van der Waals surface area contributed by atoms with E-state index in [-0.39, 0.29) is 11.8 Å². The van der Waals surface area contributed by atoms with E-state index in [0.717, 1.165) is 57.8 Å². The Labute approximate surface area is 200 Å². The van der Waals surface area contributed by atoms with E-state index < -0.39 is 0 Å². The van der Waals surface area contributed by atoms with E-state index in [9.17, 15) is 4.79 Å². The number of para-hydroxylation sites is 1. The second-order valence-electron chi connectivity index (χ2n) is 8.30. The third-order valence-corrected chi connectivity index (χ3v) is 6.01. The van der Waals surface area contributed by atoms with Crippen LogP contribution in [0.15, 0.2) is 55.0 Å². The van der Waals surface area contributed by atoms with Gasteiger partial charge in [-0.1, -0.05) is 39.0 Å². The number of nitrogens with zero attached hydrogens (tertiary/aromatic N) is 4. The molecule has 1 amide bonds. The summed E-state index contributed by atoms with van der Waals surface area (Å²) in [5, 5.41) is 7.01. The zero-order chi connectivity index (χ0) is 24.1. The van der Waals surface area contributed by atoms with E-state index in [2.05, 4.69) is 69.5 Å². The van der Waals surface area contributed by atoms with E-state index in [1.165, 1.54) is 0 Å². The average Bonchev–Trinajstić information content (AvgIpc) is 2.90. The predicted molar refractivity (Wildman–Crippen MR) is 136 cm³/mol. The van der Waals surface area contributed by atoms with Gasteiger partial charge in [0.15, 0.2) is 0 Å². The Hall–Kier alpha value is -3.87. The highest BCUT2D eigenvalue weighted by Crippen LogP contribution is 2.27. The van der Waals surface area contributed by atoms with Gasteiger partial charge in [-0.15, -0.1) is 0 Å². The molecule has 0 saturated carbocycles. The summed E-state index contributed by atoms with van der Waals surface area (Å²) in [7, 11) is 1.64. The van der Waals surface area contributed by atoms with Crippen molar-refractivity contribution in [3.05, 3.63) is 77.5 Å². The smallest absolute Gasteiger partial charge is 0.251 e. The summed E-state index contributed by atoms with van der Waals surface area (Å²) in [4.78, 5) is 30.4. The van der Waals surface area contributed by atoms with Crippen molar-refractivity contribution in [1.82, 2.24) is 25.3 Å². The summed E-state index contributed by atoms with van der Waals surface area (Å²) in [5.74, 6) is 0.801. The molecule has 34 heavy (non-hydrogen) atoms. The van der Waals surface area contributed by atoms with Gasteiger partial charge < -0.3 is 10.6 Å². The minimum Gasteiger partial charge on any atom is -0.369 e. The Bertz CT molecular complexity index is 1300. The van der Waals surface area contributed by atoms with E-state index in [1.807, 2.05) is 18.2 Å². The SMILES string of the molecule is CCc1cc(-c2cc(NC[C@@H](C)c3cccc4c(C(=O)NC)ccnc34)ncn2)cc(CC)n1. The quantitative estimate of drug-likeness (QED) is 0.398. The minimum absolute atomic E-state index is 0.114. The van der Waals surface area contributed by atoms with Crippen molar-refractivity contribution in [3.8, 4) is 11.3 Å². The van der Waals surface area contributed by atoms with E-state index >= 15 is 0 Å². The van der Waals surface area contributed by atoms with Gasteiger partial charge in [0.2, 0.25) is 0 Å². The molecule has 3 heterocycles. The number of anilines is 1. The first-order valence-corrected chi connectivity index (χ1v) is 11.7. The molecule has 0 fully saturated rings. The Morgan fingerprint density at radius 2 is 1.76 bits per heavy atom. The van der Waals surface area contributed by atoms with Crippen LogP contribution in [-0.2, 0) is 12.8 Å². The monoisotopic (exact) mass is 454 g/mol. The predicted octanol–water partition coefficient (Wildman–Crippen LogP) is 4.79. The van der Waals surface area contributed by atoms with Gasteiger partial charge in [0.25, 0.3) is 5.91 Å². The van der Waals surface area contributed by atoms with Crippen molar-refractivity contribution < 1.29 is 4.79 Å². The molecule has 174 valence electrons. The number of fused-ring (bicyclic) bond motifs is 1. The van der Waals surface area contributed by atoms with Crippen LogP contribution < -0.4 is 10.6 Å². The number of amides is 1. The highest BCUT2D eigenvalue weighted by molar-refractivity contribution is 6.06. The first-order valence-electron chi connectivity index (χ1n) is 11.7. The summed E-state index contributed by atoms with van der Waals surface area (Å²) in [6.07, 6.45) is 5.05. The number of benzene rings is 1. The number of aromatic nitrogens is 4. The van der Waals surface area contributed by atoms with E-state index in [0.29, 0.717) is 12.1 Å². The molecule has 0 aliphatic rings. The Balaban J connectivity index is 1.56. The Morgan fingerprint density at radius 1 is 1.00 bits per heavy atom. The molecule has 7 nitrogen and oxygen atoms in total. The van der Waals surface area contributed by atoms with Gasteiger partial charge in [-0.05, 0) is 36.6 Å². The van der Waals surface area contributed by atoms with Crippen LogP contribution in [0.25, 0.3) is 22.2 Å². The van der Waals surface area contributed by atoms with Crippen LogP contribution in [0, 0.1) is 0 Å². The topological polar surface area (TPSA) is 92.7 Å². The normalized spacial score (nSPS) is 11.9. The maximum absolute atomic E-state index is 12.3. The molecule has 1 atom stereocenters. The van der Waals surface area contributed by atoms with Crippen molar-refractivity contribution in [2.45, 2.75) is 39.5 Å². The highest BCUT2D eigenvalue weighted by Gasteiger charge is 2.15. The molecule has 7 heteroatoms. The number of nitrogens with one attached hydrogen (secondary N) is 2. The molecule has 0 spiro atoms. The van der Waals surface area contributed by atoms with Gasteiger partial charge in [-0.3, -0.25) is 14.8 Å². The summed E-state index contributed by atoms with van der Waals surface area (Å²) in [6.45, 7) is 7.03. The first-order chi connectivity index (χ1) is 16.5. The molecule has 0 saturated heterocycles. The fourth-order valence-corrected chi connectivity index (χ4v) is 4.07. The number of pyridine rings is 2. The number of hydrogen-bond donors (Lipinski definition) is 2. The molecule has 4 aromatic rings. The van der Waals surface area contributed by atoms with Crippen LogP contribution >= 0.6 is 0 Å². The van der Waals surface area contributed by atoms with Gasteiger partial charge in [0, 0.05) is 54.1 Å². The molecular weight excluding hydrogens is 424 g/mol. The largest absolute Gasteiger partial charge is 0.369 e. The lowest BCUT2D eigenvalue weighted by molar-refractivity contribution is 0.0964. The third kappa shape index (κ3) is 4.88. The Morgan fingerprint density at radius 3 is 2.47 bits per heavy atom. The van der Waals surface area contributed by atoms with Crippen LogP contribution in [0.2, 0.25) is 0 Å². The van der Waals surface area contributed by atoms with Crippen LogP contribution in [0.4, 0.5) is 5.82 Å². The standard InChI is InChI=1S/C27H30N6O/c1-5-19-12-18(13-20(6-2)33-19)24-14-25(32-16-31-24)30-15-17(3)21-8-7-9-22-23(27(34)28-4)10-11-29-26(21)22/h7-14,16-17H,5-6,15H2,1-4H3,(H,28,34)(H,30,31,32)/t17-/m1/s1. The molecule has 0 aliphatic carbocycles. The average molecular weight is 455 g/mol. The molecule has 1 aromatic carbocycles. The first kappa shape index (κ1) is 23.3. The molecular formula is C27H30N6O. The van der Waals surface area contributed by atoms with Crippen molar-refractivity contribution >= 4 is 22.6 Å². The molecule has 0 aliphatic heterocycles. The Kier molecular flexibility index (Phi) is 7.11. The van der Waals surface area contributed by atoms with Crippen LogP contribution in [0.1, 0.15) is 54.0 Å². The van der Waals surface area contributed by atoms with Gasteiger partial charge in [0.1, 0.15) is 12.1 Å². The van der Waals surface area contributed by atoms with Crippen LogP contribution in [-0.4, -0.2) is 39.4 Å². The molecule has 2 N–H and O–H groups in total. The minimum atomic E-state index is -0.114. The lowest BCUT2D eigenvalue weighted by Crippen LogP contribution is -2.18. The fraction of sp³-hybridized carbons (Fsp3) is 0.296. The lowest BCUT2D eigenvalue weighted by atomic mass is 9.96. The van der Waals surface area contributed by atoms with E-state index in [1.54, 1.807) is 25.6 Å². The van der Waals surface area contributed by atoms with Crippen molar-refractivity contribution in [2.24, 2.45) is 0 Å². The van der Waals surface area contributed by atoms with Crippen LogP contribution in [0.3, 0.4) is 0 Å². The van der Waals surface area contributed by atoms with Gasteiger partial charge in [0.05, 0.1) is 16.8 Å². The number of carbonyl (C=O) groups excluding carboxylic acids is 1. The van der Waals surface area contributed by atoms with Gasteiger partial charge in [-0.25, -0.2) is 9.97 Å². The summed E-state index contributed by atoms with van der Waals surface area (Å²) >= 11 is 0. The molecule has 0 unspecified atom stereocenters. The molecule has 4 rings (SSSR count). The number of aryl methyl sites for hydroxylation is 2. The summed E-state index contributed by atoms with van der Waals surface area (Å²) in [6, 6.07) is 13.9. The zero-order valence-corrected chi connectivity index (χ0v) is 20.1. The van der Waals surface area contributed by atoms with E-state index in [4.69, 9.17) is 0 Å². The second kappa shape index (κ2) is 10.4.